The zero-order valence-corrected chi connectivity index (χ0v) is 11.8. The molecule has 0 amide bonds. The van der Waals surface area contributed by atoms with Crippen LogP contribution in [0.4, 0.5) is 0 Å². The van der Waals surface area contributed by atoms with E-state index in [1.807, 2.05) is 6.07 Å². The lowest BCUT2D eigenvalue weighted by atomic mass is 10.1. The Morgan fingerprint density at radius 1 is 1.53 bits per heavy atom. The van der Waals surface area contributed by atoms with Gasteiger partial charge < -0.3 is 10.4 Å². The van der Waals surface area contributed by atoms with E-state index in [9.17, 15) is 4.79 Å². The molecule has 3 nitrogen and oxygen atoms in total. The van der Waals surface area contributed by atoms with E-state index in [2.05, 4.69) is 35.1 Å². The van der Waals surface area contributed by atoms with Crippen LogP contribution in [0.25, 0.3) is 0 Å². The van der Waals surface area contributed by atoms with E-state index in [1.165, 1.54) is 0 Å². The Hall–Kier alpha value is -0.870. The number of halogens is 1. The molecular formula is C13H18BrNO2. The van der Waals surface area contributed by atoms with E-state index in [1.54, 1.807) is 12.1 Å². The molecule has 0 saturated carbocycles. The van der Waals surface area contributed by atoms with E-state index in [4.69, 9.17) is 5.11 Å². The Morgan fingerprint density at radius 2 is 2.24 bits per heavy atom. The second-order valence-electron chi connectivity index (χ2n) is 4.26. The van der Waals surface area contributed by atoms with Gasteiger partial charge in [0.15, 0.2) is 0 Å². The van der Waals surface area contributed by atoms with Crippen molar-refractivity contribution in [1.29, 1.82) is 0 Å². The van der Waals surface area contributed by atoms with Gasteiger partial charge in [-0.05, 0) is 30.2 Å². The molecule has 0 spiro atoms. The number of aromatic carboxylic acids is 1. The van der Waals surface area contributed by atoms with Crippen LogP contribution >= 0.6 is 15.9 Å². The average molecular weight is 300 g/mol. The van der Waals surface area contributed by atoms with E-state index in [0.29, 0.717) is 11.5 Å². The second kappa shape index (κ2) is 6.77. The lowest BCUT2D eigenvalue weighted by molar-refractivity contribution is 0.0697. The first kappa shape index (κ1) is 14.2. The van der Waals surface area contributed by atoms with Gasteiger partial charge in [0.1, 0.15) is 0 Å². The second-order valence-corrected chi connectivity index (χ2v) is 5.11. The monoisotopic (exact) mass is 299 g/mol. The van der Waals surface area contributed by atoms with Crippen LogP contribution in [0.2, 0.25) is 0 Å². The molecule has 0 aliphatic carbocycles. The van der Waals surface area contributed by atoms with Crippen molar-refractivity contribution in [2.75, 3.05) is 6.54 Å². The highest BCUT2D eigenvalue weighted by molar-refractivity contribution is 9.10. The van der Waals surface area contributed by atoms with Crippen LogP contribution in [-0.2, 0) is 6.54 Å². The first-order valence-electron chi connectivity index (χ1n) is 5.77. The fourth-order valence-corrected chi connectivity index (χ4v) is 1.94. The Labute approximate surface area is 110 Å². The maximum Gasteiger partial charge on any atom is 0.335 e. The molecule has 1 aromatic carbocycles. The van der Waals surface area contributed by atoms with Gasteiger partial charge in [0.2, 0.25) is 0 Å². The third kappa shape index (κ3) is 4.48. The third-order valence-electron chi connectivity index (χ3n) is 2.81. The molecule has 0 aromatic heterocycles. The summed E-state index contributed by atoms with van der Waals surface area (Å²) < 4.78 is 0.842. The lowest BCUT2D eigenvalue weighted by Crippen LogP contribution is -2.20. The van der Waals surface area contributed by atoms with Crippen molar-refractivity contribution in [3.05, 3.63) is 33.8 Å². The van der Waals surface area contributed by atoms with E-state index >= 15 is 0 Å². The fraction of sp³-hybridized carbons (Fsp3) is 0.462. The molecule has 0 fully saturated rings. The topological polar surface area (TPSA) is 49.3 Å². The summed E-state index contributed by atoms with van der Waals surface area (Å²) in [6.45, 7) is 6.11. The minimum absolute atomic E-state index is 0.308. The normalized spacial score (nSPS) is 12.4. The standard InChI is InChI=1S/C13H18BrNO2/c1-3-9(2)7-15-8-11-5-4-10(13(16)17)6-12(11)14/h4-6,9,15H,3,7-8H2,1-2H3,(H,16,17). The number of carbonyl (C=O) groups is 1. The largest absolute Gasteiger partial charge is 0.478 e. The molecule has 0 radical (unpaired) electrons. The van der Waals surface area contributed by atoms with Crippen molar-refractivity contribution in [2.45, 2.75) is 26.8 Å². The van der Waals surface area contributed by atoms with Gasteiger partial charge in [0, 0.05) is 11.0 Å². The summed E-state index contributed by atoms with van der Waals surface area (Å²) in [4.78, 5) is 10.8. The van der Waals surface area contributed by atoms with Crippen molar-refractivity contribution in [1.82, 2.24) is 5.32 Å². The first-order valence-corrected chi connectivity index (χ1v) is 6.56. The van der Waals surface area contributed by atoms with Crippen LogP contribution in [0, 0.1) is 5.92 Å². The van der Waals surface area contributed by atoms with Crippen LogP contribution in [0.5, 0.6) is 0 Å². The Morgan fingerprint density at radius 3 is 2.76 bits per heavy atom. The predicted octanol–water partition coefficient (Wildman–Crippen LogP) is 3.28. The zero-order valence-electron chi connectivity index (χ0n) is 10.2. The number of nitrogens with one attached hydrogen (secondary N) is 1. The Kier molecular flexibility index (Phi) is 5.65. The number of hydrogen-bond acceptors (Lipinski definition) is 2. The number of rotatable bonds is 6. The van der Waals surface area contributed by atoms with Crippen LogP contribution in [0.15, 0.2) is 22.7 Å². The first-order chi connectivity index (χ1) is 8.04. The van der Waals surface area contributed by atoms with Gasteiger partial charge in [-0.3, -0.25) is 0 Å². The molecule has 0 aliphatic rings. The van der Waals surface area contributed by atoms with Gasteiger partial charge in [0.25, 0.3) is 0 Å². The van der Waals surface area contributed by atoms with Crippen LogP contribution in [0.3, 0.4) is 0 Å². The highest BCUT2D eigenvalue weighted by atomic mass is 79.9. The molecule has 1 aromatic rings. The number of carboxylic acid groups (broad SMARTS) is 1. The number of benzene rings is 1. The smallest absolute Gasteiger partial charge is 0.335 e. The summed E-state index contributed by atoms with van der Waals surface area (Å²) in [5, 5.41) is 12.2. The van der Waals surface area contributed by atoms with Crippen molar-refractivity contribution < 1.29 is 9.90 Å². The molecule has 0 bridgehead atoms. The van der Waals surface area contributed by atoms with Gasteiger partial charge >= 0.3 is 5.97 Å². The van der Waals surface area contributed by atoms with Crippen molar-refractivity contribution in [2.24, 2.45) is 5.92 Å². The van der Waals surface area contributed by atoms with Gasteiger partial charge in [-0.15, -0.1) is 0 Å². The molecule has 94 valence electrons. The maximum atomic E-state index is 10.8. The number of hydrogen-bond donors (Lipinski definition) is 2. The molecule has 2 N–H and O–H groups in total. The molecule has 1 unspecified atom stereocenters. The molecule has 0 heterocycles. The van der Waals surface area contributed by atoms with Crippen LogP contribution in [-0.4, -0.2) is 17.6 Å². The minimum atomic E-state index is -0.898. The maximum absolute atomic E-state index is 10.8. The van der Waals surface area contributed by atoms with Crippen molar-refractivity contribution >= 4 is 21.9 Å². The van der Waals surface area contributed by atoms with E-state index in [-0.39, 0.29) is 0 Å². The summed E-state index contributed by atoms with van der Waals surface area (Å²) in [7, 11) is 0. The lowest BCUT2D eigenvalue weighted by Gasteiger charge is -2.11. The summed E-state index contributed by atoms with van der Waals surface area (Å²) in [5.74, 6) is -0.239. The quantitative estimate of drug-likeness (QED) is 0.847. The molecule has 0 saturated heterocycles. The zero-order chi connectivity index (χ0) is 12.8. The van der Waals surface area contributed by atoms with Crippen LogP contribution in [0.1, 0.15) is 36.2 Å². The predicted molar refractivity (Wildman–Crippen MR) is 72.3 cm³/mol. The molecule has 4 heteroatoms. The Balaban J connectivity index is 2.57. The summed E-state index contributed by atoms with van der Waals surface area (Å²) in [6.07, 6.45) is 1.16. The summed E-state index contributed by atoms with van der Waals surface area (Å²) in [6, 6.07) is 5.12. The summed E-state index contributed by atoms with van der Waals surface area (Å²) in [5.41, 5.74) is 1.39. The molecule has 0 aliphatic heterocycles. The molecule has 1 atom stereocenters. The highest BCUT2D eigenvalue weighted by Crippen LogP contribution is 2.18. The molecule has 17 heavy (non-hydrogen) atoms. The van der Waals surface area contributed by atoms with Crippen molar-refractivity contribution in [3.63, 3.8) is 0 Å². The van der Waals surface area contributed by atoms with Gasteiger partial charge in [-0.25, -0.2) is 4.79 Å². The van der Waals surface area contributed by atoms with Gasteiger partial charge in [-0.1, -0.05) is 42.3 Å². The minimum Gasteiger partial charge on any atom is -0.478 e. The van der Waals surface area contributed by atoms with E-state index < -0.39 is 5.97 Å². The fourth-order valence-electron chi connectivity index (χ4n) is 1.42. The van der Waals surface area contributed by atoms with Gasteiger partial charge in [0.05, 0.1) is 5.56 Å². The SMILES string of the molecule is CCC(C)CNCc1ccc(C(=O)O)cc1Br. The average Bonchev–Trinajstić information content (AvgIpc) is 2.30. The molecule has 1 rings (SSSR count). The number of carboxylic acids is 1. The third-order valence-corrected chi connectivity index (χ3v) is 3.54. The summed E-state index contributed by atoms with van der Waals surface area (Å²) >= 11 is 3.40. The van der Waals surface area contributed by atoms with Crippen molar-refractivity contribution in [3.8, 4) is 0 Å². The van der Waals surface area contributed by atoms with Gasteiger partial charge in [-0.2, -0.15) is 0 Å². The highest BCUT2D eigenvalue weighted by Gasteiger charge is 2.06. The van der Waals surface area contributed by atoms with E-state index in [0.717, 1.165) is 29.5 Å². The molecular weight excluding hydrogens is 282 g/mol. The van der Waals surface area contributed by atoms with Crippen LogP contribution < -0.4 is 5.32 Å². The Bertz CT molecular complexity index is 393.